The van der Waals surface area contributed by atoms with E-state index in [9.17, 15) is 0 Å². The molecule has 3 nitrogen and oxygen atoms in total. The van der Waals surface area contributed by atoms with E-state index in [-0.39, 0.29) is 22.4 Å². The average molecular weight is 383 g/mol. The molecule has 0 heterocycles. The maximum Gasteiger partial charge on any atom is 0 e. The van der Waals surface area contributed by atoms with Gasteiger partial charge >= 0.3 is 47.1 Å². The summed E-state index contributed by atoms with van der Waals surface area (Å²) in [6.07, 6.45) is 0. The number of hydrogen-bond acceptors (Lipinski definition) is 3. The van der Waals surface area contributed by atoms with E-state index in [0.29, 0.717) is 0 Å². The van der Waals surface area contributed by atoms with Gasteiger partial charge in [0.1, 0.15) is 0 Å². The summed E-state index contributed by atoms with van der Waals surface area (Å²) in [6.45, 7) is 0. The fourth-order valence-corrected chi connectivity index (χ4v) is 0.370. The van der Waals surface area contributed by atoms with Crippen LogP contribution in [0, 0.1) is 28.6 Å². The first kappa shape index (κ1) is 10.8. The first-order valence-corrected chi connectivity index (χ1v) is 4.37. The third-order valence-corrected chi connectivity index (χ3v) is 1.66. The van der Waals surface area contributed by atoms with Gasteiger partial charge in [-0.1, -0.05) is 0 Å². The number of nitriles is 3. The zero-order valence-corrected chi connectivity index (χ0v) is 7.09. The third-order valence-electron chi connectivity index (χ3n) is 0.202. The molecule has 0 spiro atoms. The van der Waals surface area contributed by atoms with E-state index in [4.69, 9.17) is 15.8 Å². The Balaban J connectivity index is 0. The van der Waals surface area contributed by atoms with Crippen molar-refractivity contribution in [2.45, 2.75) is 0 Å². The normalized spacial score (nSPS) is 6.38. The minimum absolute atomic E-state index is 0. The van der Waals surface area contributed by atoms with Crippen molar-refractivity contribution in [2.24, 2.45) is 0 Å². The molecule has 0 aromatic heterocycles. The van der Waals surface area contributed by atoms with Crippen LogP contribution < -0.4 is 0 Å². The van der Waals surface area contributed by atoms with Crippen molar-refractivity contribution in [2.75, 3.05) is 0 Å². The number of hydrogen-bond donors (Lipinski definition) is 0. The molecule has 0 saturated carbocycles. The molecule has 49 valence electrons. The molecule has 0 bridgehead atoms. The largest absolute Gasteiger partial charge is 0 e. The fraction of sp³-hybridized carbons (Fsp3) is 0. The zero-order valence-electron chi connectivity index (χ0n) is 3.44. The Morgan fingerprint density at radius 2 is 1.12 bits per heavy atom. The molecule has 8 heavy (non-hydrogen) atoms. The molecular weight excluding hydrogens is 383 g/mol. The van der Waals surface area contributed by atoms with Gasteiger partial charge in [0.05, 0.1) is 0 Å². The molecule has 0 saturated heterocycles. The van der Waals surface area contributed by atoms with Gasteiger partial charge in [0.25, 0.3) is 0 Å². The first-order chi connectivity index (χ1) is 3.35. The van der Waals surface area contributed by atoms with Crippen molar-refractivity contribution < 1.29 is 40.8 Å². The van der Waals surface area contributed by atoms with Crippen LogP contribution in [0.25, 0.3) is 0 Å². The van der Waals surface area contributed by atoms with E-state index in [2.05, 4.69) is 0 Å². The minimum Gasteiger partial charge on any atom is 0 e. The topological polar surface area (TPSA) is 71.4 Å². The predicted octanol–water partition coefficient (Wildman–Crippen LogP) is 0.0453. The Kier molecular flexibility index (Phi) is 9.42. The average Bonchev–Trinajstić information content (AvgIpc) is 1.72. The molecule has 0 aromatic carbocycles. The van der Waals surface area contributed by atoms with Gasteiger partial charge in [-0.3, -0.25) is 0 Å². The van der Waals surface area contributed by atoms with Crippen LogP contribution in [-0.4, -0.2) is 0 Å². The smallest absolute Gasteiger partial charge is 0 e. The molecule has 0 N–H and O–H groups in total. The summed E-state index contributed by atoms with van der Waals surface area (Å²) in [6, 6.07) is 0. The van der Waals surface area contributed by atoms with Crippen molar-refractivity contribution in [1.29, 1.82) is 15.8 Å². The quantitative estimate of drug-likeness (QED) is 0.555. The molecule has 0 atom stereocenters. The van der Waals surface area contributed by atoms with Crippen LogP contribution >= 0.6 is 0 Å². The second-order valence-electron chi connectivity index (χ2n) is 0.428. The number of rotatable bonds is 0. The Morgan fingerprint density at radius 1 is 0.875 bits per heavy atom. The summed E-state index contributed by atoms with van der Waals surface area (Å²) >= 11 is -2.33. The van der Waals surface area contributed by atoms with E-state index in [1.807, 2.05) is 0 Å². The molecule has 0 fully saturated rings. The van der Waals surface area contributed by atoms with Gasteiger partial charge in [-0.2, -0.15) is 0 Å². The van der Waals surface area contributed by atoms with E-state index < -0.39 is 18.4 Å². The molecule has 0 rings (SSSR count). The second kappa shape index (κ2) is 6.95. The molecule has 1 radical (unpaired) electrons. The van der Waals surface area contributed by atoms with E-state index >= 15 is 0 Å². The molecule has 0 unspecified atom stereocenters. The van der Waals surface area contributed by atoms with Crippen LogP contribution in [0.2, 0.25) is 0 Å². The summed E-state index contributed by atoms with van der Waals surface area (Å²) in [7, 11) is 0. The summed E-state index contributed by atoms with van der Waals surface area (Å²) in [4.78, 5) is 0. The van der Waals surface area contributed by atoms with Gasteiger partial charge in [0.15, 0.2) is 0 Å². The van der Waals surface area contributed by atoms with E-state index in [1.165, 1.54) is 0 Å². The van der Waals surface area contributed by atoms with Crippen molar-refractivity contribution in [3.63, 3.8) is 0 Å². The van der Waals surface area contributed by atoms with Crippen LogP contribution in [-0.2, 0) is 40.8 Å². The third kappa shape index (κ3) is 4.12. The Bertz CT molecular complexity index is 137. The maximum atomic E-state index is 7.90. The SMILES string of the molecule is N#[C][Au]([C]#N)[C]#N.[Ag]. The van der Waals surface area contributed by atoms with Crippen molar-refractivity contribution in [1.82, 2.24) is 0 Å². The van der Waals surface area contributed by atoms with Crippen LogP contribution in [0.5, 0.6) is 0 Å². The molecule has 0 aliphatic heterocycles. The van der Waals surface area contributed by atoms with Crippen molar-refractivity contribution >= 4 is 0 Å². The maximum absolute atomic E-state index is 7.90. The van der Waals surface area contributed by atoms with Crippen LogP contribution in [0.4, 0.5) is 0 Å². The Hall–Kier alpha value is -0.0495. The summed E-state index contributed by atoms with van der Waals surface area (Å²) in [5.74, 6) is 0. The monoisotopic (exact) mass is 382 g/mol. The minimum atomic E-state index is -2.33. The summed E-state index contributed by atoms with van der Waals surface area (Å²) < 4.78 is 4.88. The predicted molar refractivity (Wildman–Crippen MR) is 16.8 cm³/mol. The molecule has 5 heteroatoms. The summed E-state index contributed by atoms with van der Waals surface area (Å²) in [5, 5.41) is 23.7. The molecule has 0 amide bonds. The second-order valence-corrected chi connectivity index (χ2v) is 3.51. The molecule has 0 aromatic rings. The van der Waals surface area contributed by atoms with Crippen LogP contribution in [0.1, 0.15) is 0 Å². The molecular formula is C3AgAuN3. The molecule has 0 aliphatic carbocycles. The first-order valence-electron chi connectivity index (χ1n) is 1.12. The van der Waals surface area contributed by atoms with Gasteiger partial charge in [-0.15, -0.1) is 0 Å². The Labute approximate surface area is 69.1 Å². The summed E-state index contributed by atoms with van der Waals surface area (Å²) in [5.41, 5.74) is 0. The zero-order chi connectivity index (χ0) is 5.70. The standard InChI is InChI=1S/3CN.Ag.Au/c3*1-2;;. The van der Waals surface area contributed by atoms with Crippen LogP contribution in [0.3, 0.4) is 0 Å². The van der Waals surface area contributed by atoms with Gasteiger partial charge in [-0.25, -0.2) is 0 Å². The van der Waals surface area contributed by atoms with Gasteiger partial charge < -0.3 is 0 Å². The van der Waals surface area contributed by atoms with Gasteiger partial charge in [-0.05, 0) is 0 Å². The van der Waals surface area contributed by atoms with E-state index in [1.54, 1.807) is 12.9 Å². The molecule has 0 aliphatic rings. The Morgan fingerprint density at radius 3 is 1.12 bits per heavy atom. The van der Waals surface area contributed by atoms with E-state index in [0.717, 1.165) is 0 Å². The van der Waals surface area contributed by atoms with Gasteiger partial charge in [0.2, 0.25) is 0 Å². The van der Waals surface area contributed by atoms with Crippen molar-refractivity contribution in [3.8, 4) is 12.9 Å². The fourth-order valence-electron chi connectivity index (χ4n) is 0.0452. The number of nitrogens with zero attached hydrogens (tertiary/aromatic N) is 3. The van der Waals surface area contributed by atoms with Crippen molar-refractivity contribution in [3.05, 3.63) is 0 Å². The van der Waals surface area contributed by atoms with Crippen LogP contribution in [0.15, 0.2) is 0 Å². The van der Waals surface area contributed by atoms with Gasteiger partial charge in [0, 0.05) is 22.4 Å².